The van der Waals surface area contributed by atoms with Crippen LogP contribution in [0.5, 0.6) is 0 Å². The van der Waals surface area contributed by atoms with Crippen LogP contribution < -0.4 is 31.7 Å². The standard InChI is InChI=1S/C38H30P2/c1-5-13-35(14-6-1)39(36-15-7-2-8-16-36)29-31-21-25-33(26-22-31)34-27-23-32(24-28-34)30-40(37-17-9-3-10-18-37)38-19-11-4-12-20-38/h1-30H. The van der Waals surface area contributed by atoms with Crippen LogP contribution in [0.4, 0.5) is 0 Å². The fraction of sp³-hybridized carbons (Fsp3) is 0. The molecule has 0 aliphatic heterocycles. The number of rotatable bonds is 6. The van der Waals surface area contributed by atoms with Crippen molar-refractivity contribution in [3.63, 3.8) is 0 Å². The van der Waals surface area contributed by atoms with Crippen LogP contribution in [0.3, 0.4) is 0 Å². The highest BCUT2D eigenvalue weighted by Crippen LogP contribution is 2.36. The SMILES string of the molecule is C(=c1ccc(=c2ccc(=CP(c3ccccc3)c3ccccc3)cc2)cc1)P(c1ccccc1)c1ccccc1. The molecule has 0 unspecified atom stereocenters. The summed E-state index contributed by atoms with van der Waals surface area (Å²) in [4.78, 5) is 0. The highest BCUT2D eigenvalue weighted by atomic mass is 31.1. The zero-order chi connectivity index (χ0) is 27.0. The molecule has 0 nitrogen and oxygen atoms in total. The van der Waals surface area contributed by atoms with E-state index in [9.17, 15) is 0 Å². The minimum atomic E-state index is -0.570. The Morgan fingerprint density at radius 1 is 0.275 bits per heavy atom. The second-order valence-electron chi connectivity index (χ2n) is 9.58. The van der Waals surface area contributed by atoms with E-state index in [0.717, 1.165) is 0 Å². The summed E-state index contributed by atoms with van der Waals surface area (Å²) < 4.78 is 0. The molecule has 2 heteroatoms. The molecule has 0 atom stereocenters. The Bertz CT molecular complexity index is 1620. The van der Waals surface area contributed by atoms with Gasteiger partial charge in [0.2, 0.25) is 0 Å². The second kappa shape index (κ2) is 12.8. The summed E-state index contributed by atoms with van der Waals surface area (Å²) in [6.07, 6.45) is 0. The van der Waals surface area contributed by atoms with Gasteiger partial charge in [0.1, 0.15) is 0 Å². The molecule has 6 aromatic carbocycles. The fourth-order valence-electron chi connectivity index (χ4n) is 4.77. The average molecular weight is 549 g/mol. The summed E-state index contributed by atoms with van der Waals surface area (Å²) in [5.74, 6) is 4.86. The molecule has 0 aliphatic carbocycles. The first kappa shape index (κ1) is 26.2. The molecular formula is C38H30P2. The monoisotopic (exact) mass is 548 g/mol. The minimum absolute atomic E-state index is 0.570. The molecule has 192 valence electrons. The van der Waals surface area contributed by atoms with E-state index in [2.05, 4.69) is 181 Å². The molecule has 0 saturated carbocycles. The van der Waals surface area contributed by atoms with Crippen LogP contribution in [0, 0.1) is 10.4 Å². The first-order chi connectivity index (χ1) is 19.8. The van der Waals surface area contributed by atoms with Gasteiger partial charge in [0, 0.05) is 0 Å². The van der Waals surface area contributed by atoms with Crippen molar-refractivity contribution in [1.29, 1.82) is 0 Å². The highest BCUT2D eigenvalue weighted by molar-refractivity contribution is 7.80. The number of hydrogen-bond acceptors (Lipinski definition) is 0. The van der Waals surface area contributed by atoms with Gasteiger partial charge in [-0.15, -0.1) is 0 Å². The zero-order valence-electron chi connectivity index (χ0n) is 22.2. The Morgan fingerprint density at radius 3 is 0.775 bits per heavy atom. The number of hydrogen-bond donors (Lipinski definition) is 0. The van der Waals surface area contributed by atoms with Crippen LogP contribution in [0.2, 0.25) is 0 Å². The molecule has 40 heavy (non-hydrogen) atoms. The predicted octanol–water partition coefficient (Wildman–Crippen LogP) is 6.72. The van der Waals surface area contributed by atoms with E-state index in [1.165, 1.54) is 42.1 Å². The van der Waals surface area contributed by atoms with Gasteiger partial charge in [0.05, 0.1) is 0 Å². The molecule has 0 aromatic heterocycles. The molecule has 0 heterocycles. The van der Waals surface area contributed by atoms with Crippen LogP contribution in [0.1, 0.15) is 0 Å². The van der Waals surface area contributed by atoms with Crippen LogP contribution >= 0.6 is 15.8 Å². The molecule has 0 aliphatic rings. The topological polar surface area (TPSA) is 0 Å². The van der Waals surface area contributed by atoms with Crippen molar-refractivity contribution in [3.8, 4) is 0 Å². The van der Waals surface area contributed by atoms with Crippen molar-refractivity contribution < 1.29 is 0 Å². The molecule has 0 spiro atoms. The van der Waals surface area contributed by atoms with Crippen LogP contribution in [-0.4, -0.2) is 0 Å². The van der Waals surface area contributed by atoms with Gasteiger partial charge in [-0.3, -0.25) is 0 Å². The quantitative estimate of drug-likeness (QED) is 0.203. The van der Waals surface area contributed by atoms with Gasteiger partial charge in [-0.05, 0) is 69.6 Å². The third-order valence-corrected chi connectivity index (χ3v) is 11.4. The lowest BCUT2D eigenvalue weighted by atomic mass is 10.2. The Labute approximate surface area is 238 Å². The van der Waals surface area contributed by atoms with E-state index in [-0.39, 0.29) is 0 Å². The van der Waals surface area contributed by atoms with Gasteiger partial charge in [0.25, 0.3) is 0 Å². The van der Waals surface area contributed by atoms with Crippen LogP contribution in [0.15, 0.2) is 170 Å². The molecular weight excluding hydrogens is 518 g/mol. The summed E-state index contributed by atoms with van der Waals surface area (Å²) >= 11 is 0. The lowest BCUT2D eigenvalue weighted by Crippen LogP contribution is -2.12. The van der Waals surface area contributed by atoms with Gasteiger partial charge in [-0.2, -0.15) is 0 Å². The van der Waals surface area contributed by atoms with Gasteiger partial charge in [0.15, 0.2) is 0 Å². The third-order valence-electron chi connectivity index (χ3n) is 6.85. The molecule has 0 saturated heterocycles. The average Bonchev–Trinajstić information content (AvgIpc) is 3.05. The first-order valence-electron chi connectivity index (χ1n) is 13.5. The normalized spacial score (nSPS) is 10.9. The predicted molar refractivity (Wildman–Crippen MR) is 177 cm³/mol. The molecule has 0 amide bonds. The van der Waals surface area contributed by atoms with Crippen molar-refractivity contribution in [2.75, 3.05) is 0 Å². The van der Waals surface area contributed by atoms with Gasteiger partial charge < -0.3 is 0 Å². The third kappa shape index (κ3) is 6.38. The summed E-state index contributed by atoms with van der Waals surface area (Å²) in [5.41, 5.74) is 0. The van der Waals surface area contributed by atoms with Crippen molar-refractivity contribution >= 4 is 48.7 Å². The van der Waals surface area contributed by atoms with E-state index in [4.69, 9.17) is 0 Å². The van der Waals surface area contributed by atoms with Crippen molar-refractivity contribution in [3.05, 3.63) is 191 Å². The van der Waals surface area contributed by atoms with E-state index in [0.29, 0.717) is 0 Å². The largest absolute Gasteiger partial charge is 0.0622 e. The maximum atomic E-state index is 2.43. The molecule has 0 N–H and O–H groups in total. The van der Waals surface area contributed by atoms with Crippen molar-refractivity contribution in [1.82, 2.24) is 0 Å². The molecule has 6 rings (SSSR count). The number of benzene rings is 6. The summed E-state index contributed by atoms with van der Waals surface area (Å²) in [5, 5.41) is 10.4. The van der Waals surface area contributed by atoms with Gasteiger partial charge >= 0.3 is 0 Å². The molecule has 6 aromatic rings. The Hall–Kier alpha value is -4.08. The summed E-state index contributed by atoms with van der Waals surface area (Å²) in [7, 11) is -1.14. The Kier molecular flexibility index (Phi) is 8.40. The second-order valence-corrected chi connectivity index (χ2v) is 13.6. The van der Waals surface area contributed by atoms with E-state index >= 15 is 0 Å². The minimum Gasteiger partial charge on any atom is -0.0622 e. The summed E-state index contributed by atoms with van der Waals surface area (Å²) in [6, 6.07) is 61.3. The van der Waals surface area contributed by atoms with E-state index < -0.39 is 15.8 Å². The van der Waals surface area contributed by atoms with E-state index in [1.54, 1.807) is 0 Å². The van der Waals surface area contributed by atoms with Crippen molar-refractivity contribution in [2.45, 2.75) is 0 Å². The fourth-order valence-corrected chi connectivity index (χ4v) is 8.88. The zero-order valence-corrected chi connectivity index (χ0v) is 24.0. The lowest BCUT2D eigenvalue weighted by Gasteiger charge is -2.14. The highest BCUT2D eigenvalue weighted by Gasteiger charge is 2.11. The maximum Gasteiger partial charge on any atom is -0.0156 e. The van der Waals surface area contributed by atoms with E-state index in [1.807, 2.05) is 0 Å². The maximum absolute atomic E-state index is 2.43. The van der Waals surface area contributed by atoms with Crippen LogP contribution in [0.25, 0.3) is 11.6 Å². The molecule has 0 radical (unpaired) electrons. The van der Waals surface area contributed by atoms with Gasteiger partial charge in [-0.25, -0.2) is 0 Å². The molecule has 0 bridgehead atoms. The summed E-state index contributed by atoms with van der Waals surface area (Å²) in [6.45, 7) is 0. The van der Waals surface area contributed by atoms with Crippen molar-refractivity contribution in [2.24, 2.45) is 0 Å². The Balaban J connectivity index is 1.34. The lowest BCUT2D eigenvalue weighted by molar-refractivity contribution is 1.45. The smallest absolute Gasteiger partial charge is 0.0156 e. The molecule has 0 fully saturated rings. The van der Waals surface area contributed by atoms with Gasteiger partial charge in [-0.1, -0.05) is 170 Å². The van der Waals surface area contributed by atoms with Crippen LogP contribution in [-0.2, 0) is 0 Å². The first-order valence-corrected chi connectivity index (χ1v) is 16.3. The Morgan fingerprint density at radius 2 is 0.525 bits per heavy atom.